The average Bonchev–Trinajstić information content (AvgIpc) is 3.29. The molecule has 1 aromatic carbocycles. The van der Waals surface area contributed by atoms with Gasteiger partial charge in [0.25, 0.3) is 0 Å². The molecule has 1 atom stereocenters. The first-order valence-electron chi connectivity index (χ1n) is 9.03. The molecule has 0 saturated carbocycles. The number of aromatic nitrogens is 4. The number of rotatable bonds is 5. The van der Waals surface area contributed by atoms with Gasteiger partial charge >= 0.3 is 0 Å². The highest BCUT2D eigenvalue weighted by molar-refractivity contribution is 5.78. The highest BCUT2D eigenvalue weighted by atomic mass is 19.1. The van der Waals surface area contributed by atoms with Crippen LogP contribution in [-0.2, 0) is 11.8 Å². The van der Waals surface area contributed by atoms with Crippen LogP contribution >= 0.6 is 0 Å². The Balaban J connectivity index is 1.71. The van der Waals surface area contributed by atoms with E-state index in [9.17, 15) is 4.39 Å². The molecule has 4 rings (SSSR count). The van der Waals surface area contributed by atoms with Crippen LogP contribution in [0.1, 0.15) is 19.8 Å². The van der Waals surface area contributed by atoms with Crippen LogP contribution < -0.4 is 5.32 Å². The van der Waals surface area contributed by atoms with Crippen LogP contribution in [0, 0.1) is 5.82 Å². The molecule has 1 aliphatic rings. The van der Waals surface area contributed by atoms with E-state index in [1.807, 2.05) is 23.9 Å². The number of aryl methyl sites for hydroxylation is 1. The zero-order valence-corrected chi connectivity index (χ0v) is 15.4. The molecule has 0 bridgehead atoms. The number of halogens is 1. The predicted octanol–water partition coefficient (Wildman–Crippen LogP) is 3.66. The topological polar surface area (TPSA) is 64.9 Å². The zero-order chi connectivity index (χ0) is 18.9. The van der Waals surface area contributed by atoms with Gasteiger partial charge in [-0.25, -0.2) is 19.3 Å². The summed E-state index contributed by atoms with van der Waals surface area (Å²) in [4.78, 5) is 13.5. The van der Waals surface area contributed by atoms with Crippen molar-refractivity contribution in [2.24, 2.45) is 7.05 Å². The number of hydrogen-bond acceptors (Lipinski definition) is 5. The number of nitrogens with zero attached hydrogens (tertiary/aromatic N) is 4. The van der Waals surface area contributed by atoms with E-state index in [0.717, 1.165) is 25.0 Å². The molecule has 1 N–H and O–H groups in total. The van der Waals surface area contributed by atoms with Crippen molar-refractivity contribution < 1.29 is 9.13 Å². The van der Waals surface area contributed by atoms with Crippen LogP contribution in [0.25, 0.3) is 22.6 Å². The van der Waals surface area contributed by atoms with Gasteiger partial charge in [-0.1, -0.05) is 12.1 Å². The minimum atomic E-state index is -0.299. The second kappa shape index (κ2) is 7.08. The van der Waals surface area contributed by atoms with Gasteiger partial charge in [-0.05, 0) is 37.5 Å². The first-order valence-corrected chi connectivity index (χ1v) is 9.03. The second-order valence-electron chi connectivity index (χ2n) is 7.08. The molecule has 0 radical (unpaired) electrons. The van der Waals surface area contributed by atoms with Crippen LogP contribution in [0.4, 0.5) is 10.3 Å². The van der Waals surface area contributed by atoms with Crippen molar-refractivity contribution in [1.82, 2.24) is 19.5 Å². The fourth-order valence-electron chi connectivity index (χ4n) is 3.34. The maximum absolute atomic E-state index is 13.7. The van der Waals surface area contributed by atoms with E-state index >= 15 is 0 Å². The molecular formula is C20H22FN5O. The standard InChI is InChI=1S/C20H22FN5O/c1-20(7-4-10-27-20)13-24-19-23-12-16(14-5-3-6-15(21)11-14)17(25-19)18-22-8-9-26(18)2/h3,5-6,8-9,11-12H,4,7,10,13H2,1-2H3,(H,23,24,25)/t20-/m1/s1. The van der Waals surface area contributed by atoms with E-state index in [1.165, 1.54) is 12.1 Å². The van der Waals surface area contributed by atoms with E-state index in [0.29, 0.717) is 29.6 Å². The number of nitrogens with one attached hydrogen (secondary N) is 1. The molecule has 2 aromatic heterocycles. The molecule has 3 heterocycles. The molecule has 7 heteroatoms. The molecule has 1 aliphatic heterocycles. The Morgan fingerprint density at radius 3 is 2.93 bits per heavy atom. The first-order chi connectivity index (χ1) is 13.0. The van der Waals surface area contributed by atoms with E-state index in [4.69, 9.17) is 9.72 Å². The van der Waals surface area contributed by atoms with Gasteiger partial charge in [-0.2, -0.15) is 0 Å². The summed E-state index contributed by atoms with van der Waals surface area (Å²) in [5.74, 6) is 0.903. The minimum Gasteiger partial charge on any atom is -0.373 e. The lowest BCUT2D eigenvalue weighted by molar-refractivity contribution is 0.0314. The molecule has 0 aliphatic carbocycles. The minimum absolute atomic E-state index is 0.200. The van der Waals surface area contributed by atoms with Gasteiger partial charge in [0.1, 0.15) is 11.5 Å². The first kappa shape index (κ1) is 17.6. The van der Waals surface area contributed by atoms with E-state index < -0.39 is 0 Å². The SMILES string of the molecule is Cn1ccnc1-c1nc(NC[C@@]2(C)CCCO2)ncc1-c1cccc(F)c1. The lowest BCUT2D eigenvalue weighted by Crippen LogP contribution is -2.33. The number of benzene rings is 1. The summed E-state index contributed by atoms with van der Waals surface area (Å²) in [6, 6.07) is 6.42. The van der Waals surface area contributed by atoms with Crippen LogP contribution in [0.5, 0.6) is 0 Å². The van der Waals surface area contributed by atoms with Gasteiger partial charge < -0.3 is 14.6 Å². The molecule has 3 aromatic rings. The smallest absolute Gasteiger partial charge is 0.223 e. The Hall–Kier alpha value is -2.80. The number of anilines is 1. The van der Waals surface area contributed by atoms with Crippen LogP contribution in [-0.4, -0.2) is 38.3 Å². The van der Waals surface area contributed by atoms with Gasteiger partial charge in [0.05, 0.1) is 5.60 Å². The van der Waals surface area contributed by atoms with Crippen molar-refractivity contribution in [3.8, 4) is 22.6 Å². The molecular weight excluding hydrogens is 345 g/mol. The van der Waals surface area contributed by atoms with Crippen molar-refractivity contribution in [1.29, 1.82) is 0 Å². The predicted molar refractivity (Wildman–Crippen MR) is 102 cm³/mol. The van der Waals surface area contributed by atoms with Gasteiger partial charge in [-0.3, -0.25) is 0 Å². The maximum Gasteiger partial charge on any atom is 0.223 e. The van der Waals surface area contributed by atoms with E-state index in [-0.39, 0.29) is 11.4 Å². The fraction of sp³-hybridized carbons (Fsp3) is 0.350. The van der Waals surface area contributed by atoms with Crippen LogP contribution in [0.3, 0.4) is 0 Å². The van der Waals surface area contributed by atoms with Gasteiger partial charge in [0.15, 0.2) is 5.82 Å². The van der Waals surface area contributed by atoms with Crippen molar-refractivity contribution in [2.75, 3.05) is 18.5 Å². The Bertz CT molecular complexity index is 949. The van der Waals surface area contributed by atoms with Gasteiger partial charge in [0, 0.05) is 44.4 Å². The molecule has 140 valence electrons. The molecule has 0 unspecified atom stereocenters. The summed E-state index contributed by atoms with van der Waals surface area (Å²) in [6.45, 7) is 3.51. The molecule has 27 heavy (non-hydrogen) atoms. The van der Waals surface area contributed by atoms with Crippen LogP contribution in [0.2, 0.25) is 0 Å². The lowest BCUT2D eigenvalue weighted by atomic mass is 10.0. The number of imidazole rings is 1. The summed E-state index contributed by atoms with van der Waals surface area (Å²) in [5, 5.41) is 3.28. The van der Waals surface area contributed by atoms with Gasteiger partial charge in [-0.15, -0.1) is 0 Å². The molecule has 6 nitrogen and oxygen atoms in total. The zero-order valence-electron chi connectivity index (χ0n) is 15.4. The molecule has 0 amide bonds. The quantitative estimate of drug-likeness (QED) is 0.745. The van der Waals surface area contributed by atoms with Gasteiger partial charge in [0.2, 0.25) is 5.95 Å². The largest absolute Gasteiger partial charge is 0.373 e. The summed E-state index contributed by atoms with van der Waals surface area (Å²) >= 11 is 0. The van der Waals surface area contributed by atoms with Crippen molar-refractivity contribution in [3.63, 3.8) is 0 Å². The summed E-state index contributed by atoms with van der Waals surface area (Å²) in [5.41, 5.74) is 1.90. The lowest BCUT2D eigenvalue weighted by Gasteiger charge is -2.23. The number of hydrogen-bond donors (Lipinski definition) is 1. The molecule has 1 fully saturated rings. The normalized spacial score (nSPS) is 19.4. The molecule has 1 saturated heterocycles. The molecule has 0 spiro atoms. The Labute approximate surface area is 157 Å². The van der Waals surface area contributed by atoms with Crippen LogP contribution in [0.15, 0.2) is 42.9 Å². The monoisotopic (exact) mass is 367 g/mol. The summed E-state index contributed by atoms with van der Waals surface area (Å²) < 4.78 is 21.4. The van der Waals surface area contributed by atoms with E-state index in [1.54, 1.807) is 18.5 Å². The summed E-state index contributed by atoms with van der Waals surface area (Å²) in [7, 11) is 1.90. The maximum atomic E-state index is 13.7. The Morgan fingerprint density at radius 2 is 2.22 bits per heavy atom. The third-order valence-corrected chi connectivity index (χ3v) is 4.88. The third kappa shape index (κ3) is 3.68. The highest BCUT2D eigenvalue weighted by Crippen LogP contribution is 2.31. The van der Waals surface area contributed by atoms with Crippen molar-refractivity contribution >= 4 is 5.95 Å². The second-order valence-corrected chi connectivity index (χ2v) is 7.08. The number of ether oxygens (including phenoxy) is 1. The highest BCUT2D eigenvalue weighted by Gasteiger charge is 2.29. The Morgan fingerprint density at radius 1 is 1.33 bits per heavy atom. The fourth-order valence-corrected chi connectivity index (χ4v) is 3.34. The van der Waals surface area contributed by atoms with E-state index in [2.05, 4.69) is 22.2 Å². The van der Waals surface area contributed by atoms with Crippen molar-refractivity contribution in [2.45, 2.75) is 25.4 Å². The average molecular weight is 367 g/mol. The van der Waals surface area contributed by atoms with Crippen molar-refractivity contribution in [3.05, 3.63) is 48.7 Å². The third-order valence-electron chi connectivity index (χ3n) is 4.88. The summed E-state index contributed by atoms with van der Waals surface area (Å²) in [6.07, 6.45) is 7.36. The Kier molecular flexibility index (Phi) is 4.61.